The van der Waals surface area contributed by atoms with Crippen LogP contribution in [0, 0.1) is 0 Å². The van der Waals surface area contributed by atoms with Gasteiger partial charge in [0.2, 0.25) is 0 Å². The molecular formula is C64H44N4. The van der Waals surface area contributed by atoms with Gasteiger partial charge in [-0.05, 0) is 79.4 Å². The lowest BCUT2D eigenvalue weighted by molar-refractivity contribution is 0.563. The van der Waals surface area contributed by atoms with Gasteiger partial charge in [0.1, 0.15) is 0 Å². The number of hydrogen-bond acceptors (Lipinski definition) is 3. The fraction of sp³-hybridized carbons (Fsp3) is 0.109. The molecule has 9 aromatic carbocycles. The summed E-state index contributed by atoms with van der Waals surface area (Å²) in [6.45, 7) is 9.45. The van der Waals surface area contributed by atoms with E-state index in [1.54, 1.807) is 0 Å². The lowest BCUT2D eigenvalue weighted by Gasteiger charge is -2.46. The molecule has 0 unspecified atom stereocenters. The molecule has 0 N–H and O–H groups in total. The molecule has 4 nitrogen and oxygen atoms in total. The molecule has 0 bridgehead atoms. The monoisotopic (exact) mass is 868 g/mol. The van der Waals surface area contributed by atoms with E-state index < -0.39 is 5.41 Å². The van der Waals surface area contributed by atoms with Crippen molar-refractivity contribution in [1.82, 2.24) is 19.5 Å². The van der Waals surface area contributed by atoms with Crippen molar-refractivity contribution in [3.05, 3.63) is 239 Å². The van der Waals surface area contributed by atoms with Crippen LogP contribution < -0.4 is 0 Å². The van der Waals surface area contributed by atoms with Crippen LogP contribution in [0.1, 0.15) is 72.2 Å². The van der Waals surface area contributed by atoms with Crippen LogP contribution in [0.4, 0.5) is 0 Å². The van der Waals surface area contributed by atoms with Crippen LogP contribution in [0.15, 0.2) is 194 Å². The molecule has 0 saturated heterocycles. The molecule has 320 valence electrons. The van der Waals surface area contributed by atoms with E-state index in [0.717, 1.165) is 33.5 Å². The third kappa shape index (κ3) is 4.58. The van der Waals surface area contributed by atoms with Gasteiger partial charge < -0.3 is 4.57 Å². The second-order valence-corrected chi connectivity index (χ2v) is 20.2. The summed E-state index contributed by atoms with van der Waals surface area (Å²) in [4.78, 5) is 16.4. The first-order valence-electron chi connectivity index (χ1n) is 23.9. The Morgan fingerprint density at radius 2 is 0.882 bits per heavy atom. The first-order chi connectivity index (χ1) is 33.3. The minimum absolute atomic E-state index is 0.173. The molecule has 4 aliphatic rings. The largest absolute Gasteiger partial charge is 0.308 e. The normalized spacial score (nSPS) is 15.4. The van der Waals surface area contributed by atoms with E-state index in [1.807, 2.05) is 6.07 Å². The van der Waals surface area contributed by atoms with Gasteiger partial charge in [-0.25, -0.2) is 15.0 Å². The summed E-state index contributed by atoms with van der Waals surface area (Å²) in [5.41, 5.74) is 23.6. The Balaban J connectivity index is 1.08. The van der Waals surface area contributed by atoms with Gasteiger partial charge in [0.25, 0.3) is 0 Å². The smallest absolute Gasteiger partial charge is 0.164 e. The van der Waals surface area contributed by atoms with Gasteiger partial charge in [0.05, 0.1) is 22.1 Å². The molecule has 3 heterocycles. The van der Waals surface area contributed by atoms with Gasteiger partial charge in [-0.3, -0.25) is 0 Å². The molecule has 15 rings (SSSR count). The van der Waals surface area contributed by atoms with Crippen LogP contribution in [0.5, 0.6) is 0 Å². The molecule has 68 heavy (non-hydrogen) atoms. The van der Waals surface area contributed by atoms with E-state index in [9.17, 15) is 0 Å². The van der Waals surface area contributed by atoms with Crippen LogP contribution >= 0.6 is 0 Å². The summed E-state index contributed by atoms with van der Waals surface area (Å²) in [6, 6.07) is 72.0. The van der Waals surface area contributed by atoms with Gasteiger partial charge >= 0.3 is 0 Å². The van der Waals surface area contributed by atoms with E-state index >= 15 is 0 Å². The van der Waals surface area contributed by atoms with Crippen molar-refractivity contribution in [1.29, 1.82) is 0 Å². The fourth-order valence-electron chi connectivity index (χ4n) is 13.3. The predicted molar refractivity (Wildman–Crippen MR) is 276 cm³/mol. The third-order valence-corrected chi connectivity index (χ3v) is 16.3. The second-order valence-electron chi connectivity index (χ2n) is 20.2. The number of para-hydroxylation sites is 2. The molecule has 0 amide bonds. The zero-order chi connectivity index (χ0) is 45.3. The SMILES string of the molecule is CC1(C)c2ccccc2-c2ccc(-c3nc(-c4ccccc4)nc(-c4ccc5c6c4-c4ccccc4-n4c7ccccc7c7ccc(c-6c74)C54c5ccccc5C(C)(C)c5ccccc54)n3)cc21. The quantitative estimate of drug-likeness (QED) is 0.178. The lowest BCUT2D eigenvalue weighted by atomic mass is 9.55. The molecule has 3 aliphatic carbocycles. The van der Waals surface area contributed by atoms with E-state index in [2.05, 4.69) is 220 Å². The minimum atomic E-state index is -0.587. The van der Waals surface area contributed by atoms with E-state index in [-0.39, 0.29) is 10.8 Å². The fourth-order valence-corrected chi connectivity index (χ4v) is 13.3. The van der Waals surface area contributed by atoms with E-state index in [1.165, 1.54) is 88.6 Å². The van der Waals surface area contributed by atoms with Crippen molar-refractivity contribution >= 4 is 21.8 Å². The van der Waals surface area contributed by atoms with Crippen molar-refractivity contribution in [3.63, 3.8) is 0 Å². The second kappa shape index (κ2) is 13.0. The van der Waals surface area contributed by atoms with Crippen LogP contribution in [-0.4, -0.2) is 19.5 Å². The molecule has 0 radical (unpaired) electrons. The van der Waals surface area contributed by atoms with Crippen LogP contribution in [0.3, 0.4) is 0 Å². The molecule has 0 atom stereocenters. The van der Waals surface area contributed by atoms with Crippen molar-refractivity contribution in [2.75, 3.05) is 0 Å². The molecule has 1 spiro atoms. The van der Waals surface area contributed by atoms with Crippen molar-refractivity contribution in [3.8, 4) is 73.2 Å². The molecule has 1 aliphatic heterocycles. The zero-order valence-electron chi connectivity index (χ0n) is 38.3. The first-order valence-corrected chi connectivity index (χ1v) is 23.9. The van der Waals surface area contributed by atoms with Crippen LogP contribution in [0.2, 0.25) is 0 Å². The number of hydrogen-bond donors (Lipinski definition) is 0. The summed E-state index contributed by atoms with van der Waals surface area (Å²) in [7, 11) is 0. The zero-order valence-corrected chi connectivity index (χ0v) is 38.3. The Morgan fingerprint density at radius 3 is 1.65 bits per heavy atom. The van der Waals surface area contributed by atoms with Crippen LogP contribution in [0.25, 0.3) is 95.0 Å². The maximum Gasteiger partial charge on any atom is 0.164 e. The summed E-state index contributed by atoms with van der Waals surface area (Å²) in [5.74, 6) is 1.96. The van der Waals surface area contributed by atoms with Gasteiger partial charge in [-0.1, -0.05) is 204 Å². The number of fused-ring (bicyclic) bond motifs is 15. The Labute approximate surface area is 395 Å². The van der Waals surface area contributed by atoms with E-state index in [0.29, 0.717) is 17.5 Å². The molecular weight excluding hydrogens is 825 g/mol. The Kier molecular flexibility index (Phi) is 7.27. The summed E-state index contributed by atoms with van der Waals surface area (Å²) < 4.78 is 2.55. The molecule has 0 saturated carbocycles. The average molecular weight is 869 g/mol. The van der Waals surface area contributed by atoms with Gasteiger partial charge in [0, 0.05) is 55.0 Å². The van der Waals surface area contributed by atoms with Crippen molar-refractivity contribution in [2.24, 2.45) is 0 Å². The van der Waals surface area contributed by atoms with Crippen molar-refractivity contribution < 1.29 is 0 Å². The molecule has 4 heteroatoms. The highest BCUT2D eigenvalue weighted by molar-refractivity contribution is 6.20. The van der Waals surface area contributed by atoms with Gasteiger partial charge in [-0.15, -0.1) is 0 Å². The van der Waals surface area contributed by atoms with E-state index in [4.69, 9.17) is 15.0 Å². The molecule has 11 aromatic rings. The van der Waals surface area contributed by atoms with Gasteiger partial charge in [0.15, 0.2) is 17.5 Å². The summed E-state index contributed by atoms with van der Waals surface area (Å²) >= 11 is 0. The highest BCUT2D eigenvalue weighted by Crippen LogP contribution is 2.67. The summed E-state index contributed by atoms with van der Waals surface area (Å²) in [5, 5.41) is 2.51. The third-order valence-electron chi connectivity index (χ3n) is 16.3. The Bertz CT molecular complexity index is 3990. The number of nitrogens with zero attached hydrogens (tertiary/aromatic N) is 4. The lowest BCUT2D eigenvalue weighted by Crippen LogP contribution is -2.40. The number of aromatic nitrogens is 4. The Morgan fingerprint density at radius 1 is 0.338 bits per heavy atom. The summed E-state index contributed by atoms with van der Waals surface area (Å²) in [6.07, 6.45) is 0. The minimum Gasteiger partial charge on any atom is -0.308 e. The maximum atomic E-state index is 5.58. The van der Waals surface area contributed by atoms with Gasteiger partial charge in [-0.2, -0.15) is 0 Å². The molecule has 0 fully saturated rings. The van der Waals surface area contributed by atoms with Crippen molar-refractivity contribution in [2.45, 2.75) is 43.9 Å². The topological polar surface area (TPSA) is 43.6 Å². The van der Waals surface area contributed by atoms with Crippen LogP contribution in [-0.2, 0) is 16.2 Å². The highest BCUT2D eigenvalue weighted by Gasteiger charge is 2.55. The molecule has 2 aromatic heterocycles. The predicted octanol–water partition coefficient (Wildman–Crippen LogP) is 15.3. The maximum absolute atomic E-state index is 5.58. The Hall–Kier alpha value is -8.21. The average Bonchev–Trinajstić information content (AvgIpc) is 3.93. The highest BCUT2D eigenvalue weighted by atomic mass is 15.0. The first kappa shape index (κ1) is 38.0. The number of benzene rings is 9. The number of rotatable bonds is 3. The standard InChI is InChI=1S/C64H44N4/c1-62(2)45-23-11-8-20-39(45)40-31-30-38(36-52(40)62)60-65-59(37-18-6-5-7-19-37)66-61(67-60)44-33-35-50-56-55(44)43-22-10-17-29-54(43)68-53-28-16-9-21-41(53)42-32-34-51(57(56)58(42)68)64(50)48-26-14-12-24-46(48)63(3,4)47-25-13-15-27-49(47)64/h5-36H,1-4H3.